The van der Waals surface area contributed by atoms with E-state index >= 15 is 0 Å². The molecule has 0 aromatic carbocycles. The van der Waals surface area contributed by atoms with Crippen LogP contribution >= 0.6 is 0 Å². The van der Waals surface area contributed by atoms with Crippen molar-refractivity contribution in [2.24, 2.45) is 0 Å². The maximum atomic E-state index is 12.8. The van der Waals surface area contributed by atoms with E-state index in [9.17, 15) is 14.4 Å². The molecule has 0 aromatic rings. The van der Waals surface area contributed by atoms with E-state index in [0.717, 1.165) is 83.5 Å². The van der Waals surface area contributed by atoms with Crippen molar-refractivity contribution in [3.05, 3.63) is 36.5 Å². The molecule has 0 aromatic heterocycles. The molecule has 0 fully saturated rings. The van der Waals surface area contributed by atoms with Crippen LogP contribution in [0.5, 0.6) is 0 Å². The Morgan fingerprint density at radius 1 is 0.308 bits per heavy atom. The van der Waals surface area contributed by atoms with Crippen LogP contribution in [0, 0.1) is 0 Å². The molecule has 1 atom stereocenters. The van der Waals surface area contributed by atoms with E-state index in [-0.39, 0.29) is 31.1 Å². The number of ether oxygens (including phenoxy) is 3. The molecule has 0 saturated heterocycles. The second-order valence-electron chi connectivity index (χ2n) is 19.2. The highest BCUT2D eigenvalue weighted by Crippen LogP contribution is 2.16. The average molecular weight is 914 g/mol. The lowest BCUT2D eigenvalue weighted by Crippen LogP contribution is -2.30. The van der Waals surface area contributed by atoms with Crippen molar-refractivity contribution >= 4 is 17.9 Å². The minimum absolute atomic E-state index is 0.0777. The maximum absolute atomic E-state index is 12.8. The van der Waals surface area contributed by atoms with Gasteiger partial charge < -0.3 is 14.2 Å². The molecule has 0 aliphatic carbocycles. The van der Waals surface area contributed by atoms with Gasteiger partial charge in [0, 0.05) is 19.3 Å². The number of hydrogen-bond donors (Lipinski definition) is 0. The van der Waals surface area contributed by atoms with E-state index in [0.29, 0.717) is 19.3 Å². The van der Waals surface area contributed by atoms with Gasteiger partial charge in [0.25, 0.3) is 0 Å². The highest BCUT2D eigenvalue weighted by Gasteiger charge is 2.19. The quantitative estimate of drug-likeness (QED) is 0.0262. The van der Waals surface area contributed by atoms with Gasteiger partial charge in [-0.05, 0) is 77.0 Å². The van der Waals surface area contributed by atoms with Crippen LogP contribution in [0.15, 0.2) is 36.5 Å². The molecule has 65 heavy (non-hydrogen) atoms. The molecule has 0 bridgehead atoms. The first-order chi connectivity index (χ1) is 32.0. The van der Waals surface area contributed by atoms with E-state index in [4.69, 9.17) is 14.2 Å². The smallest absolute Gasteiger partial charge is 0.306 e. The van der Waals surface area contributed by atoms with E-state index in [2.05, 4.69) is 57.2 Å². The fraction of sp³-hybridized carbons (Fsp3) is 0.847. The molecule has 0 saturated carbocycles. The first kappa shape index (κ1) is 62.6. The second kappa shape index (κ2) is 54.2. The van der Waals surface area contributed by atoms with E-state index < -0.39 is 6.10 Å². The summed E-state index contributed by atoms with van der Waals surface area (Å²) in [7, 11) is 0. The minimum atomic E-state index is -0.778. The fourth-order valence-corrected chi connectivity index (χ4v) is 8.29. The van der Waals surface area contributed by atoms with Crippen molar-refractivity contribution in [1.82, 2.24) is 0 Å². The Balaban J connectivity index is 4.37. The zero-order valence-corrected chi connectivity index (χ0v) is 43.5. The van der Waals surface area contributed by atoms with Gasteiger partial charge in [-0.3, -0.25) is 14.4 Å². The Morgan fingerprint density at radius 3 is 0.908 bits per heavy atom. The fourth-order valence-electron chi connectivity index (χ4n) is 8.29. The van der Waals surface area contributed by atoms with Gasteiger partial charge in [-0.15, -0.1) is 0 Å². The zero-order valence-electron chi connectivity index (χ0n) is 43.5. The lowest BCUT2D eigenvalue weighted by molar-refractivity contribution is -0.167. The molecule has 0 rings (SSSR count). The molecular formula is C59H108O6. The normalized spacial score (nSPS) is 12.2. The lowest BCUT2D eigenvalue weighted by Gasteiger charge is -2.18. The van der Waals surface area contributed by atoms with Gasteiger partial charge in [-0.25, -0.2) is 0 Å². The summed E-state index contributed by atoms with van der Waals surface area (Å²) >= 11 is 0. The molecule has 0 aliphatic heterocycles. The molecule has 0 N–H and O–H groups in total. The number of carbonyl (C=O) groups is 3. The van der Waals surface area contributed by atoms with Crippen LogP contribution in [0.4, 0.5) is 0 Å². The number of esters is 3. The topological polar surface area (TPSA) is 78.9 Å². The van der Waals surface area contributed by atoms with Crippen molar-refractivity contribution in [3.8, 4) is 0 Å². The van der Waals surface area contributed by atoms with E-state index in [1.807, 2.05) is 0 Å². The third-order valence-electron chi connectivity index (χ3n) is 12.6. The second-order valence-corrected chi connectivity index (χ2v) is 19.2. The van der Waals surface area contributed by atoms with Crippen LogP contribution in [0.3, 0.4) is 0 Å². The summed E-state index contributed by atoms with van der Waals surface area (Å²) in [5, 5.41) is 0. The Kier molecular flexibility index (Phi) is 52.3. The van der Waals surface area contributed by atoms with E-state index in [1.165, 1.54) is 180 Å². The molecule has 1 unspecified atom stereocenters. The van der Waals surface area contributed by atoms with Crippen molar-refractivity contribution in [2.75, 3.05) is 13.2 Å². The van der Waals surface area contributed by atoms with Crippen molar-refractivity contribution in [3.63, 3.8) is 0 Å². The van der Waals surface area contributed by atoms with Crippen molar-refractivity contribution < 1.29 is 28.6 Å². The van der Waals surface area contributed by atoms with Crippen LogP contribution in [-0.4, -0.2) is 37.2 Å². The Labute approximate surface area is 404 Å². The summed E-state index contributed by atoms with van der Waals surface area (Å²) in [5.74, 6) is -0.884. The van der Waals surface area contributed by atoms with Gasteiger partial charge in [0.2, 0.25) is 0 Å². The summed E-state index contributed by atoms with van der Waals surface area (Å²) in [6, 6.07) is 0. The molecule has 6 heteroatoms. The molecule has 0 radical (unpaired) electrons. The van der Waals surface area contributed by atoms with Crippen LogP contribution in [0.1, 0.15) is 303 Å². The third kappa shape index (κ3) is 52.5. The van der Waals surface area contributed by atoms with Gasteiger partial charge >= 0.3 is 17.9 Å². The van der Waals surface area contributed by atoms with Gasteiger partial charge in [0.1, 0.15) is 13.2 Å². The predicted molar refractivity (Wildman–Crippen MR) is 279 cm³/mol. The molecular weight excluding hydrogens is 805 g/mol. The van der Waals surface area contributed by atoms with Crippen LogP contribution in [0.2, 0.25) is 0 Å². The van der Waals surface area contributed by atoms with Crippen LogP contribution in [0.25, 0.3) is 0 Å². The number of rotatable bonds is 52. The summed E-state index contributed by atoms with van der Waals surface area (Å²) in [5.41, 5.74) is 0. The molecule has 0 spiro atoms. The van der Waals surface area contributed by atoms with Gasteiger partial charge in [-0.1, -0.05) is 243 Å². The first-order valence-electron chi connectivity index (χ1n) is 28.5. The number of allylic oxidation sites excluding steroid dienone is 6. The number of carbonyl (C=O) groups excluding carboxylic acids is 3. The largest absolute Gasteiger partial charge is 0.462 e. The Hall–Kier alpha value is -2.37. The van der Waals surface area contributed by atoms with E-state index in [1.54, 1.807) is 0 Å². The van der Waals surface area contributed by atoms with Gasteiger partial charge in [-0.2, -0.15) is 0 Å². The summed E-state index contributed by atoms with van der Waals surface area (Å²) in [6.45, 7) is 6.63. The van der Waals surface area contributed by atoms with Gasteiger partial charge in [0.15, 0.2) is 6.10 Å². The highest BCUT2D eigenvalue weighted by atomic mass is 16.6. The number of unbranched alkanes of at least 4 members (excludes halogenated alkanes) is 35. The van der Waals surface area contributed by atoms with Crippen LogP contribution < -0.4 is 0 Å². The SMILES string of the molecule is CCCCC/C=C\C/C=C\CCCCCCCCCC(=O)OCC(COC(=O)CCCCC/C=C\CCCCCCCCC)OC(=O)CCCCCCCCCCCCCCCCCC. The van der Waals surface area contributed by atoms with Crippen molar-refractivity contribution in [2.45, 2.75) is 309 Å². The molecule has 380 valence electrons. The third-order valence-corrected chi connectivity index (χ3v) is 12.6. The monoisotopic (exact) mass is 913 g/mol. The Morgan fingerprint density at radius 2 is 0.554 bits per heavy atom. The molecule has 6 nitrogen and oxygen atoms in total. The van der Waals surface area contributed by atoms with Crippen molar-refractivity contribution in [1.29, 1.82) is 0 Å². The van der Waals surface area contributed by atoms with Gasteiger partial charge in [0.05, 0.1) is 0 Å². The highest BCUT2D eigenvalue weighted by molar-refractivity contribution is 5.71. The standard InChI is InChI=1S/C59H108O6/c1-4-7-10-13-16-19-22-25-28-30-32-34-37-40-43-46-49-52-58(61)64-55-56(54-63-57(60)51-48-45-42-39-36-33-27-24-21-18-15-12-9-6-3)65-59(62)53-50-47-44-41-38-35-31-29-26-23-20-17-14-11-8-5-2/h16,19,25,28,33,36,56H,4-15,17-18,20-24,26-27,29-32,34-35,37-55H2,1-3H3/b19-16-,28-25-,36-33-. The predicted octanol–water partition coefficient (Wildman–Crippen LogP) is 18.9. The maximum Gasteiger partial charge on any atom is 0.306 e. The summed E-state index contributed by atoms with van der Waals surface area (Å²) in [6.07, 6.45) is 64.1. The molecule has 0 heterocycles. The lowest BCUT2D eigenvalue weighted by atomic mass is 10.0. The summed E-state index contributed by atoms with van der Waals surface area (Å²) in [4.78, 5) is 38.1. The molecule has 0 amide bonds. The first-order valence-corrected chi connectivity index (χ1v) is 28.5. The molecule has 0 aliphatic rings. The number of hydrogen-bond acceptors (Lipinski definition) is 6. The van der Waals surface area contributed by atoms with Crippen LogP contribution in [-0.2, 0) is 28.6 Å². The average Bonchev–Trinajstić information content (AvgIpc) is 3.30. The Bertz CT molecular complexity index is 1090. The zero-order chi connectivity index (χ0) is 47.2. The minimum Gasteiger partial charge on any atom is -0.462 e. The summed E-state index contributed by atoms with van der Waals surface area (Å²) < 4.78 is 16.9.